The number of likely N-dealkylation sites (tertiary alicyclic amines) is 2. The molecular formula is C55H66N6O11. The van der Waals surface area contributed by atoms with Gasteiger partial charge >= 0.3 is 30.3 Å². The highest BCUT2D eigenvalue weighted by Gasteiger charge is 2.44. The van der Waals surface area contributed by atoms with Gasteiger partial charge in [0.15, 0.2) is 0 Å². The molecule has 0 bridgehead atoms. The molecule has 2 saturated heterocycles. The van der Waals surface area contributed by atoms with Crippen LogP contribution in [-0.4, -0.2) is 132 Å². The molecule has 0 radical (unpaired) electrons. The molecule has 2 aliphatic carbocycles. The summed E-state index contributed by atoms with van der Waals surface area (Å²) in [6, 6.07) is 29.2. The Hall–Kier alpha value is -7.43. The standard InChI is InChI=1S/C30H38N4O5.C25H28N2O6/c1-6-19(16-31-5)32-27(35)26-15-20(17-34(26)29(37)39-30(2,3)4)33-28(36)38-18-25-23-13-9-7-11-21(23)22-12-8-10-14-24(22)25;1-25(2,3)33-24(31)27-13-15(12-21(27)22(28)29)26-23(30)32-14-20-18-10-6-4-8-16(18)17-9-5-7-11-19(17)20/h7-14,16,19-20,25-26H,6,15,17-18H2,1-5H3,(H,32,35)(H,33,36);4-11,15,20-21H,12-14H2,1-3H3,(H,26,30)(H,28,29)/t19-,20+,26-;15-,21+/m01/s1. The third kappa shape index (κ3) is 12.5. The molecule has 0 aromatic heterocycles. The first-order valence-electron chi connectivity index (χ1n) is 24.4. The lowest BCUT2D eigenvalue weighted by atomic mass is 9.98. The molecule has 0 saturated carbocycles. The molecule has 5 atom stereocenters. The predicted molar refractivity (Wildman–Crippen MR) is 271 cm³/mol. The fraction of sp³-hybridized carbons (Fsp3) is 0.436. The molecule has 2 fully saturated rings. The summed E-state index contributed by atoms with van der Waals surface area (Å²) in [7, 11) is 1.64. The van der Waals surface area contributed by atoms with Gasteiger partial charge in [0.2, 0.25) is 5.91 Å². The van der Waals surface area contributed by atoms with Crippen molar-refractivity contribution < 1.29 is 52.8 Å². The summed E-state index contributed by atoms with van der Waals surface area (Å²) in [6.45, 7) is 12.9. The summed E-state index contributed by atoms with van der Waals surface area (Å²) in [5, 5.41) is 18.0. The minimum absolute atomic E-state index is 0.0378. The van der Waals surface area contributed by atoms with Gasteiger partial charge in [-0.15, -0.1) is 0 Å². The minimum atomic E-state index is -1.14. The zero-order chi connectivity index (χ0) is 51.9. The molecule has 4 N–H and O–H groups in total. The molecule has 0 spiro atoms. The van der Waals surface area contributed by atoms with Crippen LogP contribution < -0.4 is 16.0 Å². The normalized spacial score (nSPS) is 19.4. The maximum absolute atomic E-state index is 13.2. The number of aliphatic carboxylic acids is 1. The fourth-order valence-electron chi connectivity index (χ4n) is 9.73. The molecule has 17 heteroatoms. The highest BCUT2D eigenvalue weighted by Crippen LogP contribution is 2.46. The molecule has 5 amide bonds. The van der Waals surface area contributed by atoms with Crippen LogP contribution in [0.3, 0.4) is 0 Å². The van der Waals surface area contributed by atoms with Crippen LogP contribution in [0.1, 0.15) is 102 Å². The summed E-state index contributed by atoms with van der Waals surface area (Å²) in [6.07, 6.45) is 0.103. The van der Waals surface area contributed by atoms with Crippen LogP contribution in [0.5, 0.6) is 0 Å². The van der Waals surface area contributed by atoms with Crippen LogP contribution >= 0.6 is 0 Å². The van der Waals surface area contributed by atoms with Gasteiger partial charge in [0, 0.05) is 44.6 Å². The van der Waals surface area contributed by atoms with Crippen molar-refractivity contribution >= 4 is 42.5 Å². The van der Waals surface area contributed by atoms with Crippen molar-refractivity contribution in [2.45, 2.75) is 121 Å². The number of aliphatic imine (C=N–C) groups is 1. The molecule has 72 heavy (non-hydrogen) atoms. The second-order valence-corrected chi connectivity index (χ2v) is 20.4. The largest absolute Gasteiger partial charge is 0.480 e. The van der Waals surface area contributed by atoms with E-state index in [4.69, 9.17) is 18.9 Å². The Balaban J connectivity index is 0.000000214. The van der Waals surface area contributed by atoms with Crippen molar-refractivity contribution in [2.75, 3.05) is 33.4 Å². The van der Waals surface area contributed by atoms with E-state index in [2.05, 4.69) is 57.3 Å². The number of nitrogens with one attached hydrogen (secondary N) is 3. The highest BCUT2D eigenvalue weighted by molar-refractivity contribution is 5.89. The molecule has 382 valence electrons. The van der Waals surface area contributed by atoms with Crippen LogP contribution in [-0.2, 0) is 28.5 Å². The van der Waals surface area contributed by atoms with Crippen molar-refractivity contribution in [1.29, 1.82) is 0 Å². The first-order valence-corrected chi connectivity index (χ1v) is 24.4. The lowest BCUT2D eigenvalue weighted by Crippen LogP contribution is -2.50. The maximum atomic E-state index is 13.2. The maximum Gasteiger partial charge on any atom is 0.411 e. The number of carboxylic acids is 1. The van der Waals surface area contributed by atoms with E-state index in [-0.39, 0.29) is 62.9 Å². The van der Waals surface area contributed by atoms with E-state index in [1.165, 1.54) is 4.90 Å². The number of carbonyl (C=O) groups is 6. The molecular weight excluding hydrogens is 921 g/mol. The molecule has 0 unspecified atom stereocenters. The average Bonchev–Trinajstić information content (AvgIpc) is 4.11. The van der Waals surface area contributed by atoms with Gasteiger partial charge < -0.3 is 40.0 Å². The molecule has 8 rings (SSSR count). The van der Waals surface area contributed by atoms with Gasteiger partial charge in [-0.3, -0.25) is 19.6 Å². The van der Waals surface area contributed by atoms with E-state index >= 15 is 0 Å². The van der Waals surface area contributed by atoms with E-state index in [1.54, 1.807) is 54.8 Å². The van der Waals surface area contributed by atoms with Crippen LogP contribution in [0.15, 0.2) is 102 Å². The summed E-state index contributed by atoms with van der Waals surface area (Å²) in [4.78, 5) is 82.2. The Kier molecular flexibility index (Phi) is 16.3. The first-order chi connectivity index (χ1) is 34.2. The van der Waals surface area contributed by atoms with Gasteiger partial charge in [0.05, 0.1) is 18.1 Å². The summed E-state index contributed by atoms with van der Waals surface area (Å²) in [5.41, 5.74) is 7.56. The lowest BCUT2D eigenvalue weighted by Gasteiger charge is -2.28. The number of carbonyl (C=O) groups excluding carboxylic acids is 5. The van der Waals surface area contributed by atoms with Crippen molar-refractivity contribution in [1.82, 2.24) is 25.8 Å². The van der Waals surface area contributed by atoms with Crippen LogP contribution in [0.2, 0.25) is 0 Å². The van der Waals surface area contributed by atoms with Gasteiger partial charge in [0.25, 0.3) is 0 Å². The zero-order valence-corrected chi connectivity index (χ0v) is 42.2. The number of benzene rings is 4. The number of rotatable bonds is 11. The van der Waals surface area contributed by atoms with E-state index in [9.17, 15) is 33.9 Å². The third-order valence-electron chi connectivity index (χ3n) is 12.9. The predicted octanol–water partition coefficient (Wildman–Crippen LogP) is 8.49. The smallest absolute Gasteiger partial charge is 0.411 e. The number of ether oxygens (including phenoxy) is 4. The second kappa shape index (κ2) is 22.3. The van der Waals surface area contributed by atoms with Gasteiger partial charge in [-0.25, -0.2) is 24.0 Å². The van der Waals surface area contributed by atoms with Crippen LogP contribution in [0.4, 0.5) is 19.2 Å². The number of nitrogens with zero attached hydrogens (tertiary/aromatic N) is 3. The van der Waals surface area contributed by atoms with Crippen molar-refractivity contribution in [2.24, 2.45) is 4.99 Å². The molecule has 2 heterocycles. The molecule has 4 aromatic rings. The quantitative estimate of drug-likeness (QED) is 0.0826. The van der Waals surface area contributed by atoms with Crippen LogP contribution in [0.25, 0.3) is 22.3 Å². The van der Waals surface area contributed by atoms with Crippen LogP contribution in [0, 0.1) is 0 Å². The second-order valence-electron chi connectivity index (χ2n) is 20.4. The zero-order valence-electron chi connectivity index (χ0n) is 42.2. The third-order valence-corrected chi connectivity index (χ3v) is 12.9. The molecule has 2 aliphatic heterocycles. The first kappa shape index (κ1) is 52.4. The Labute approximate surface area is 420 Å². The summed E-state index contributed by atoms with van der Waals surface area (Å²) in [5.74, 6) is -1.59. The topological polar surface area (TPSA) is 214 Å². The summed E-state index contributed by atoms with van der Waals surface area (Å²) < 4.78 is 22.1. The molecule has 4 aliphatic rings. The van der Waals surface area contributed by atoms with Gasteiger partial charge in [-0.2, -0.15) is 0 Å². The number of carboxylic acid groups (broad SMARTS) is 1. The van der Waals surface area contributed by atoms with E-state index in [1.807, 2.05) is 67.6 Å². The Morgan fingerprint density at radius 2 is 0.986 bits per heavy atom. The highest BCUT2D eigenvalue weighted by atomic mass is 16.6. The Morgan fingerprint density at radius 1 is 0.625 bits per heavy atom. The van der Waals surface area contributed by atoms with Crippen molar-refractivity contribution in [3.05, 3.63) is 119 Å². The van der Waals surface area contributed by atoms with Crippen molar-refractivity contribution in [3.8, 4) is 22.3 Å². The van der Waals surface area contributed by atoms with Crippen molar-refractivity contribution in [3.63, 3.8) is 0 Å². The molecule has 4 aromatic carbocycles. The summed E-state index contributed by atoms with van der Waals surface area (Å²) >= 11 is 0. The number of hydrogen-bond donors (Lipinski definition) is 4. The average molecular weight is 987 g/mol. The Bertz CT molecular complexity index is 2590. The van der Waals surface area contributed by atoms with Gasteiger partial charge in [0.1, 0.15) is 36.5 Å². The van der Waals surface area contributed by atoms with Gasteiger partial charge in [-0.1, -0.05) is 104 Å². The van der Waals surface area contributed by atoms with Gasteiger partial charge in [-0.05, 0) is 98.9 Å². The van der Waals surface area contributed by atoms with E-state index in [0.717, 1.165) is 49.4 Å². The number of amides is 5. The lowest BCUT2D eigenvalue weighted by molar-refractivity contribution is -0.142. The monoisotopic (exact) mass is 986 g/mol. The SMILES string of the molecule is CC(C)(C)OC(=O)N1C[C@H](NC(=O)OCC2c3ccccc3-c3ccccc32)C[C@H]1C(=O)O.CC[C@@H](C=NC)NC(=O)[C@@H]1C[C@@H](NC(=O)OCC2c3ccccc3-c3ccccc32)CN1C(=O)OC(C)(C)C. The minimum Gasteiger partial charge on any atom is -0.480 e. The van der Waals surface area contributed by atoms with E-state index in [0.29, 0.717) is 6.42 Å². The Morgan fingerprint density at radius 3 is 1.33 bits per heavy atom. The number of alkyl carbamates (subject to hydrolysis) is 2. The fourth-order valence-corrected chi connectivity index (χ4v) is 9.73. The van der Waals surface area contributed by atoms with E-state index < -0.39 is 65.7 Å². The number of hydrogen-bond acceptors (Lipinski definition) is 11. The number of fused-ring (bicyclic) bond motifs is 6. The molecule has 17 nitrogen and oxygen atoms in total.